The Bertz CT molecular complexity index is 468. The number of carbonyl (C=O) groups is 1. The van der Waals surface area contributed by atoms with Crippen molar-refractivity contribution in [3.63, 3.8) is 0 Å². The maximum absolute atomic E-state index is 11.2. The summed E-state index contributed by atoms with van der Waals surface area (Å²) in [6.07, 6.45) is 6.53. The summed E-state index contributed by atoms with van der Waals surface area (Å²) in [4.78, 5) is 22.2. The number of nitrogens with one attached hydrogen (secondary N) is 1. The molecular formula is C14H20N4O2. The Balaban J connectivity index is 1.61. The molecule has 1 amide bonds. The standard InChI is InChI=1S/C14H20N4O2/c1-2-11-7-15-13(16-8-11)18-5-3-14(4-6-18)10-17-12(19)9-20-14/h7-8H,2-6,9-10H2,1H3,(H,17,19). The lowest BCUT2D eigenvalue weighted by Crippen LogP contribution is -2.57. The minimum Gasteiger partial charge on any atom is -0.363 e. The van der Waals surface area contributed by atoms with Gasteiger partial charge in [0.05, 0.1) is 5.60 Å². The molecule has 2 fully saturated rings. The number of aromatic nitrogens is 2. The van der Waals surface area contributed by atoms with Crippen LogP contribution in [0.25, 0.3) is 0 Å². The zero-order valence-electron chi connectivity index (χ0n) is 11.8. The number of carbonyl (C=O) groups excluding carboxylic acids is 1. The lowest BCUT2D eigenvalue weighted by atomic mass is 9.90. The van der Waals surface area contributed by atoms with Crippen LogP contribution in [0.1, 0.15) is 25.3 Å². The van der Waals surface area contributed by atoms with Crippen LogP contribution in [0.4, 0.5) is 5.95 Å². The van der Waals surface area contributed by atoms with Crippen LogP contribution in [0, 0.1) is 0 Å². The largest absolute Gasteiger partial charge is 0.363 e. The maximum atomic E-state index is 11.2. The maximum Gasteiger partial charge on any atom is 0.246 e. The third-order valence-electron chi connectivity index (χ3n) is 4.17. The van der Waals surface area contributed by atoms with Gasteiger partial charge in [0.25, 0.3) is 0 Å². The fourth-order valence-corrected chi connectivity index (χ4v) is 2.71. The minimum atomic E-state index is -0.187. The van der Waals surface area contributed by atoms with Crippen LogP contribution >= 0.6 is 0 Å². The van der Waals surface area contributed by atoms with E-state index < -0.39 is 0 Å². The number of nitrogens with zero attached hydrogens (tertiary/aromatic N) is 3. The lowest BCUT2D eigenvalue weighted by molar-refractivity contribution is -0.146. The normalized spacial score (nSPS) is 21.9. The summed E-state index contributed by atoms with van der Waals surface area (Å²) in [5.41, 5.74) is 0.967. The van der Waals surface area contributed by atoms with E-state index in [1.165, 1.54) is 0 Å². The Morgan fingerprint density at radius 3 is 2.60 bits per heavy atom. The van der Waals surface area contributed by atoms with Crippen molar-refractivity contribution in [3.05, 3.63) is 18.0 Å². The van der Waals surface area contributed by atoms with Crippen molar-refractivity contribution in [2.45, 2.75) is 31.8 Å². The number of aryl methyl sites for hydroxylation is 1. The van der Waals surface area contributed by atoms with Gasteiger partial charge in [-0.2, -0.15) is 0 Å². The SMILES string of the molecule is CCc1cnc(N2CCC3(CC2)CNC(=O)CO3)nc1. The van der Waals surface area contributed by atoms with E-state index in [2.05, 4.69) is 27.1 Å². The molecule has 0 unspecified atom stereocenters. The van der Waals surface area contributed by atoms with E-state index in [0.717, 1.165) is 43.9 Å². The smallest absolute Gasteiger partial charge is 0.246 e. The number of hydrogen-bond donors (Lipinski definition) is 1. The van der Waals surface area contributed by atoms with Gasteiger partial charge in [0.1, 0.15) is 6.61 Å². The molecule has 0 radical (unpaired) electrons. The molecule has 1 aromatic rings. The molecule has 3 heterocycles. The fourth-order valence-electron chi connectivity index (χ4n) is 2.71. The van der Waals surface area contributed by atoms with E-state index in [1.807, 2.05) is 12.4 Å². The molecule has 2 aliphatic heterocycles. The summed E-state index contributed by atoms with van der Waals surface area (Å²) in [7, 11) is 0. The highest BCUT2D eigenvalue weighted by atomic mass is 16.5. The Kier molecular flexibility index (Phi) is 3.56. The van der Waals surface area contributed by atoms with Gasteiger partial charge in [-0.1, -0.05) is 6.92 Å². The molecule has 6 heteroatoms. The van der Waals surface area contributed by atoms with Gasteiger partial charge in [-0.3, -0.25) is 4.79 Å². The first-order chi connectivity index (χ1) is 9.71. The van der Waals surface area contributed by atoms with Gasteiger partial charge in [0.15, 0.2) is 0 Å². The van der Waals surface area contributed by atoms with Gasteiger partial charge < -0.3 is 15.0 Å². The summed E-state index contributed by atoms with van der Waals surface area (Å²) in [6, 6.07) is 0. The average molecular weight is 276 g/mol. The van der Waals surface area contributed by atoms with Crippen LogP contribution in [-0.2, 0) is 16.0 Å². The molecule has 108 valence electrons. The van der Waals surface area contributed by atoms with Crippen LogP contribution < -0.4 is 10.2 Å². The molecule has 2 aliphatic rings. The summed E-state index contributed by atoms with van der Waals surface area (Å²) >= 11 is 0. The van der Waals surface area contributed by atoms with Crippen molar-refractivity contribution in [1.82, 2.24) is 15.3 Å². The molecule has 2 saturated heterocycles. The zero-order valence-corrected chi connectivity index (χ0v) is 11.8. The Morgan fingerprint density at radius 2 is 2.05 bits per heavy atom. The number of amides is 1. The number of hydrogen-bond acceptors (Lipinski definition) is 5. The highest BCUT2D eigenvalue weighted by molar-refractivity contribution is 5.78. The second kappa shape index (κ2) is 5.36. The van der Waals surface area contributed by atoms with Gasteiger partial charge in [0, 0.05) is 32.0 Å². The lowest BCUT2D eigenvalue weighted by Gasteiger charge is -2.43. The third kappa shape index (κ3) is 2.60. The summed E-state index contributed by atoms with van der Waals surface area (Å²) in [5.74, 6) is 0.772. The van der Waals surface area contributed by atoms with Crippen molar-refractivity contribution in [1.29, 1.82) is 0 Å². The molecular weight excluding hydrogens is 256 g/mol. The fraction of sp³-hybridized carbons (Fsp3) is 0.643. The molecule has 6 nitrogen and oxygen atoms in total. The number of anilines is 1. The van der Waals surface area contributed by atoms with E-state index in [1.54, 1.807) is 0 Å². The first kappa shape index (κ1) is 13.3. The van der Waals surface area contributed by atoms with Gasteiger partial charge in [-0.15, -0.1) is 0 Å². The quantitative estimate of drug-likeness (QED) is 0.853. The van der Waals surface area contributed by atoms with Crippen molar-refractivity contribution < 1.29 is 9.53 Å². The van der Waals surface area contributed by atoms with Gasteiger partial charge >= 0.3 is 0 Å². The number of piperidine rings is 1. The molecule has 1 aromatic heterocycles. The average Bonchev–Trinajstić information content (AvgIpc) is 2.52. The van der Waals surface area contributed by atoms with Gasteiger partial charge in [-0.25, -0.2) is 9.97 Å². The molecule has 3 rings (SSSR count). The first-order valence-corrected chi connectivity index (χ1v) is 7.17. The minimum absolute atomic E-state index is 0.0171. The molecule has 0 aromatic carbocycles. The molecule has 20 heavy (non-hydrogen) atoms. The first-order valence-electron chi connectivity index (χ1n) is 7.17. The van der Waals surface area contributed by atoms with E-state index in [4.69, 9.17) is 4.74 Å². The van der Waals surface area contributed by atoms with Crippen molar-refractivity contribution in [2.75, 3.05) is 31.1 Å². The van der Waals surface area contributed by atoms with Crippen LogP contribution in [0.3, 0.4) is 0 Å². The summed E-state index contributed by atoms with van der Waals surface area (Å²) < 4.78 is 5.76. The Hall–Kier alpha value is -1.69. The molecule has 1 spiro atoms. The molecule has 0 atom stereocenters. The second-order valence-corrected chi connectivity index (χ2v) is 5.48. The van der Waals surface area contributed by atoms with E-state index in [0.29, 0.717) is 6.54 Å². The molecule has 1 N–H and O–H groups in total. The summed E-state index contributed by atoms with van der Waals surface area (Å²) in [5, 5.41) is 2.90. The van der Waals surface area contributed by atoms with Gasteiger partial charge in [-0.05, 0) is 24.8 Å². The third-order valence-corrected chi connectivity index (χ3v) is 4.17. The monoisotopic (exact) mass is 276 g/mol. The van der Waals surface area contributed by atoms with E-state index in [-0.39, 0.29) is 18.1 Å². The highest BCUT2D eigenvalue weighted by Gasteiger charge is 2.39. The predicted octanol–water partition coefficient (Wildman–Crippen LogP) is 0.524. The Morgan fingerprint density at radius 1 is 1.35 bits per heavy atom. The van der Waals surface area contributed by atoms with E-state index in [9.17, 15) is 4.79 Å². The van der Waals surface area contributed by atoms with Crippen LogP contribution in [0.2, 0.25) is 0 Å². The topological polar surface area (TPSA) is 67.4 Å². The highest BCUT2D eigenvalue weighted by Crippen LogP contribution is 2.28. The van der Waals surface area contributed by atoms with Crippen LogP contribution in [-0.4, -0.2) is 47.7 Å². The predicted molar refractivity (Wildman–Crippen MR) is 74.5 cm³/mol. The second-order valence-electron chi connectivity index (χ2n) is 5.48. The van der Waals surface area contributed by atoms with Crippen LogP contribution in [0.5, 0.6) is 0 Å². The number of morpholine rings is 1. The Labute approximate surface area is 118 Å². The van der Waals surface area contributed by atoms with Crippen molar-refractivity contribution >= 4 is 11.9 Å². The summed E-state index contributed by atoms with van der Waals surface area (Å²) in [6.45, 7) is 4.62. The molecule has 0 bridgehead atoms. The molecule has 0 saturated carbocycles. The zero-order chi connectivity index (χ0) is 14.0. The van der Waals surface area contributed by atoms with Crippen LogP contribution in [0.15, 0.2) is 12.4 Å². The number of ether oxygens (including phenoxy) is 1. The van der Waals surface area contributed by atoms with Crippen molar-refractivity contribution in [3.8, 4) is 0 Å². The van der Waals surface area contributed by atoms with E-state index >= 15 is 0 Å². The van der Waals surface area contributed by atoms with Crippen molar-refractivity contribution in [2.24, 2.45) is 0 Å². The number of rotatable bonds is 2. The van der Waals surface area contributed by atoms with Gasteiger partial charge in [0.2, 0.25) is 11.9 Å². The molecule has 0 aliphatic carbocycles.